The van der Waals surface area contributed by atoms with Gasteiger partial charge in [0.2, 0.25) is 5.91 Å². The molecular weight excluding hydrogens is 342 g/mol. The maximum absolute atomic E-state index is 13.0. The lowest BCUT2D eigenvalue weighted by molar-refractivity contribution is -0.134. The average Bonchev–Trinajstić information content (AvgIpc) is 2.97. The smallest absolute Gasteiger partial charge is 0.341 e. The van der Waals surface area contributed by atoms with E-state index in [4.69, 9.17) is 0 Å². The number of para-hydroxylation sites is 1. The molecule has 0 N–H and O–H groups in total. The van der Waals surface area contributed by atoms with E-state index in [1.54, 1.807) is 0 Å². The molecule has 4 rings (SSSR count). The molecule has 1 aliphatic heterocycles. The van der Waals surface area contributed by atoms with Gasteiger partial charge in [0.05, 0.1) is 5.52 Å². The van der Waals surface area contributed by atoms with Gasteiger partial charge in [0.15, 0.2) is 5.65 Å². The molecule has 3 aromatic rings. The Morgan fingerprint density at radius 2 is 1.89 bits per heavy atom. The van der Waals surface area contributed by atoms with E-state index in [1.165, 1.54) is 9.08 Å². The number of fused-ring (bicyclic) bond motifs is 3. The van der Waals surface area contributed by atoms with Gasteiger partial charge in [-0.1, -0.05) is 32.9 Å². The number of hydrogen-bond acceptors (Lipinski definition) is 4. The fraction of sp³-hybridized carbons (Fsp3) is 0.500. The summed E-state index contributed by atoms with van der Waals surface area (Å²) in [4.78, 5) is 32.2. The van der Waals surface area contributed by atoms with E-state index in [2.05, 4.69) is 23.9 Å². The van der Waals surface area contributed by atoms with Crippen LogP contribution in [0.15, 0.2) is 29.1 Å². The van der Waals surface area contributed by atoms with Crippen LogP contribution < -0.4 is 5.69 Å². The second-order valence-electron chi connectivity index (χ2n) is 7.74. The van der Waals surface area contributed by atoms with Crippen molar-refractivity contribution in [3.63, 3.8) is 0 Å². The van der Waals surface area contributed by atoms with Crippen molar-refractivity contribution in [3.05, 3.63) is 40.6 Å². The largest absolute Gasteiger partial charge is 0.352 e. The topological polar surface area (TPSA) is 72.5 Å². The van der Waals surface area contributed by atoms with Crippen molar-refractivity contribution in [2.75, 3.05) is 13.1 Å². The van der Waals surface area contributed by atoms with Crippen molar-refractivity contribution >= 4 is 22.5 Å². The van der Waals surface area contributed by atoms with E-state index in [0.29, 0.717) is 29.7 Å². The van der Waals surface area contributed by atoms with Gasteiger partial charge >= 0.3 is 5.69 Å². The standard InChI is InChI=1S/C20H25N5O2/c1-4-17-21-16-8-6-5-7-15(16)19-22-24(20(27)25(17)19)12-18(26)23-10-13(2)9-14(3)11-23/h5-8,13-14H,4,9-12H2,1-3H3/t13-,14-/m1/s1. The second kappa shape index (κ2) is 6.79. The third-order valence-corrected chi connectivity index (χ3v) is 5.31. The SMILES string of the molecule is CCc1nc2ccccc2c2nn(CC(=O)N3C[C@H](C)C[C@@H](C)C3)c(=O)n12. The molecule has 1 fully saturated rings. The Hall–Kier alpha value is -2.70. The highest BCUT2D eigenvalue weighted by Gasteiger charge is 2.26. The Kier molecular flexibility index (Phi) is 4.45. The molecule has 0 saturated carbocycles. The molecule has 0 unspecified atom stereocenters. The monoisotopic (exact) mass is 367 g/mol. The first kappa shape index (κ1) is 17.7. The highest BCUT2D eigenvalue weighted by molar-refractivity contribution is 5.91. The Bertz CT molecular complexity index is 1060. The molecule has 0 aliphatic carbocycles. The average molecular weight is 367 g/mol. The van der Waals surface area contributed by atoms with Crippen LogP contribution in [0, 0.1) is 11.8 Å². The number of aromatic nitrogens is 4. The van der Waals surface area contributed by atoms with Gasteiger partial charge in [-0.25, -0.2) is 18.9 Å². The number of benzene rings is 1. The number of carbonyl (C=O) groups is 1. The molecule has 27 heavy (non-hydrogen) atoms. The number of piperidine rings is 1. The summed E-state index contributed by atoms with van der Waals surface area (Å²) >= 11 is 0. The van der Waals surface area contributed by atoms with Crippen LogP contribution in [-0.4, -0.2) is 43.1 Å². The minimum Gasteiger partial charge on any atom is -0.341 e. The van der Waals surface area contributed by atoms with Crippen LogP contribution in [0.5, 0.6) is 0 Å². The molecule has 3 heterocycles. The highest BCUT2D eigenvalue weighted by Crippen LogP contribution is 2.21. The van der Waals surface area contributed by atoms with E-state index in [9.17, 15) is 9.59 Å². The lowest BCUT2D eigenvalue weighted by Gasteiger charge is -2.34. The minimum atomic E-state index is -0.299. The van der Waals surface area contributed by atoms with Crippen LogP contribution in [-0.2, 0) is 17.8 Å². The van der Waals surface area contributed by atoms with Gasteiger partial charge in [-0.05, 0) is 30.4 Å². The van der Waals surface area contributed by atoms with Gasteiger partial charge in [0.1, 0.15) is 12.4 Å². The third-order valence-electron chi connectivity index (χ3n) is 5.31. The molecular formula is C20H25N5O2. The Labute approximate surface area is 157 Å². The molecule has 0 radical (unpaired) electrons. The quantitative estimate of drug-likeness (QED) is 0.711. The Balaban J connectivity index is 1.74. The molecule has 1 amide bonds. The maximum atomic E-state index is 13.0. The number of likely N-dealkylation sites (tertiary alicyclic amines) is 1. The van der Waals surface area contributed by atoms with Crippen molar-refractivity contribution in [2.45, 2.75) is 40.2 Å². The maximum Gasteiger partial charge on any atom is 0.352 e. The van der Waals surface area contributed by atoms with Gasteiger partial charge in [-0.15, -0.1) is 5.10 Å². The number of amides is 1. The van der Waals surface area contributed by atoms with Gasteiger partial charge in [-0.3, -0.25) is 4.79 Å². The van der Waals surface area contributed by atoms with Gasteiger partial charge in [0, 0.05) is 24.9 Å². The molecule has 1 aromatic carbocycles. The lowest BCUT2D eigenvalue weighted by atomic mass is 9.92. The van der Waals surface area contributed by atoms with Gasteiger partial charge in [-0.2, -0.15) is 0 Å². The van der Waals surface area contributed by atoms with Gasteiger partial charge in [0.25, 0.3) is 0 Å². The summed E-state index contributed by atoms with van der Waals surface area (Å²) in [6, 6.07) is 7.65. The molecule has 0 spiro atoms. The van der Waals surface area contributed by atoms with Crippen molar-refractivity contribution in [2.24, 2.45) is 11.8 Å². The first-order valence-corrected chi connectivity index (χ1v) is 9.63. The normalized spacial score (nSPS) is 20.5. The number of carbonyl (C=O) groups excluding carboxylic acids is 1. The van der Waals surface area contributed by atoms with Crippen molar-refractivity contribution in [3.8, 4) is 0 Å². The summed E-state index contributed by atoms with van der Waals surface area (Å²) in [6.45, 7) is 7.75. The number of rotatable bonds is 3. The van der Waals surface area contributed by atoms with Crippen molar-refractivity contribution in [1.29, 1.82) is 0 Å². The zero-order valence-corrected chi connectivity index (χ0v) is 16.1. The van der Waals surface area contributed by atoms with E-state index < -0.39 is 0 Å². The van der Waals surface area contributed by atoms with Crippen molar-refractivity contribution < 1.29 is 4.79 Å². The van der Waals surface area contributed by atoms with Crippen molar-refractivity contribution in [1.82, 2.24) is 24.1 Å². The zero-order chi connectivity index (χ0) is 19.1. The minimum absolute atomic E-state index is 0.0303. The predicted molar refractivity (Wildman–Crippen MR) is 104 cm³/mol. The molecule has 1 saturated heterocycles. The zero-order valence-electron chi connectivity index (χ0n) is 16.1. The summed E-state index contributed by atoms with van der Waals surface area (Å²) in [5.41, 5.74) is 1.08. The number of hydrogen-bond donors (Lipinski definition) is 0. The Morgan fingerprint density at radius 1 is 1.19 bits per heavy atom. The summed E-state index contributed by atoms with van der Waals surface area (Å²) in [5, 5.41) is 5.32. The van der Waals surface area contributed by atoms with E-state index >= 15 is 0 Å². The predicted octanol–water partition coefficient (Wildman–Crippen LogP) is 2.11. The molecule has 2 aromatic heterocycles. The molecule has 142 valence electrons. The molecule has 2 atom stereocenters. The van der Waals surface area contributed by atoms with E-state index in [-0.39, 0.29) is 18.1 Å². The lowest BCUT2D eigenvalue weighted by Crippen LogP contribution is -2.45. The molecule has 0 bridgehead atoms. The summed E-state index contributed by atoms with van der Waals surface area (Å²) in [7, 11) is 0. The first-order valence-electron chi connectivity index (χ1n) is 9.63. The van der Waals surface area contributed by atoms with Crippen LogP contribution in [0.4, 0.5) is 0 Å². The Morgan fingerprint density at radius 3 is 2.59 bits per heavy atom. The summed E-state index contributed by atoms with van der Waals surface area (Å²) in [6.07, 6.45) is 1.75. The highest BCUT2D eigenvalue weighted by atomic mass is 16.2. The van der Waals surface area contributed by atoms with Gasteiger partial charge < -0.3 is 4.90 Å². The van der Waals surface area contributed by atoms with E-state index in [0.717, 1.165) is 30.4 Å². The van der Waals surface area contributed by atoms with Crippen LogP contribution in [0.2, 0.25) is 0 Å². The van der Waals surface area contributed by atoms with Crippen LogP contribution in [0.3, 0.4) is 0 Å². The summed E-state index contributed by atoms with van der Waals surface area (Å²) < 4.78 is 2.83. The van der Waals surface area contributed by atoms with E-state index in [1.807, 2.05) is 36.1 Å². The second-order valence-corrected chi connectivity index (χ2v) is 7.74. The van der Waals surface area contributed by atoms with Crippen LogP contribution in [0.25, 0.3) is 16.6 Å². The van der Waals surface area contributed by atoms with Crippen LogP contribution in [0.1, 0.15) is 33.0 Å². The molecule has 1 aliphatic rings. The number of nitrogens with zero attached hydrogens (tertiary/aromatic N) is 5. The first-order chi connectivity index (χ1) is 13.0. The van der Waals surface area contributed by atoms with Crippen LogP contribution >= 0.6 is 0 Å². The summed E-state index contributed by atoms with van der Waals surface area (Å²) in [5.74, 6) is 1.58. The molecule has 7 heteroatoms. The fourth-order valence-corrected chi connectivity index (χ4v) is 4.20. The number of aryl methyl sites for hydroxylation is 1. The third kappa shape index (κ3) is 3.11. The molecule has 7 nitrogen and oxygen atoms in total. The fourth-order valence-electron chi connectivity index (χ4n) is 4.20.